The van der Waals surface area contributed by atoms with Gasteiger partial charge in [0.05, 0.1) is 23.8 Å². The van der Waals surface area contributed by atoms with E-state index in [0.29, 0.717) is 13.1 Å². The second-order valence-electron chi connectivity index (χ2n) is 5.50. The maximum Gasteiger partial charge on any atom is 0.193 e. The highest BCUT2D eigenvalue weighted by Crippen LogP contribution is 2.16. The van der Waals surface area contributed by atoms with Crippen molar-refractivity contribution >= 4 is 17.3 Å². The van der Waals surface area contributed by atoms with Gasteiger partial charge in [0.2, 0.25) is 0 Å². The zero-order chi connectivity index (χ0) is 17.5. The van der Waals surface area contributed by atoms with Crippen LogP contribution < -0.4 is 10.1 Å². The van der Waals surface area contributed by atoms with Gasteiger partial charge < -0.3 is 15.0 Å². The quantitative estimate of drug-likeness (QED) is 0.643. The minimum absolute atomic E-state index is 0.200. The predicted molar refractivity (Wildman–Crippen MR) is 96.2 cm³/mol. The molecule has 1 atom stereocenters. The lowest BCUT2D eigenvalue weighted by Gasteiger charge is -2.23. The van der Waals surface area contributed by atoms with Gasteiger partial charge in [0.25, 0.3) is 0 Å². The molecule has 2 aromatic rings. The molecule has 7 heteroatoms. The number of halogens is 1. The first-order valence-corrected chi connectivity index (χ1v) is 8.61. The largest absolute Gasteiger partial charge is 0.486 e. The van der Waals surface area contributed by atoms with Crippen LogP contribution in [0.1, 0.15) is 17.6 Å². The Balaban J connectivity index is 1.85. The van der Waals surface area contributed by atoms with Gasteiger partial charge in [-0.2, -0.15) is 0 Å². The molecule has 0 radical (unpaired) electrons. The molecule has 0 bridgehead atoms. The second-order valence-corrected chi connectivity index (χ2v) is 6.56. The molecule has 24 heavy (non-hydrogen) atoms. The molecule has 1 aromatic heterocycles. The van der Waals surface area contributed by atoms with Crippen LogP contribution in [0, 0.1) is 12.7 Å². The standard InChI is InChI=1S/C17H23FN4OS/c1-12(23-16-8-6-5-7-15(16)18)9-20-17(19-3)22(4)10-14-11-24-13(2)21-14/h5-8,11-12H,9-10H2,1-4H3,(H,19,20). The zero-order valence-corrected chi connectivity index (χ0v) is 15.2. The molecule has 0 aliphatic rings. The van der Waals surface area contributed by atoms with Crippen molar-refractivity contribution in [1.82, 2.24) is 15.2 Å². The second kappa shape index (κ2) is 8.63. The lowest BCUT2D eigenvalue weighted by molar-refractivity contribution is 0.212. The molecular weight excluding hydrogens is 327 g/mol. The van der Waals surface area contributed by atoms with Crippen molar-refractivity contribution in [2.24, 2.45) is 4.99 Å². The van der Waals surface area contributed by atoms with Gasteiger partial charge in [0.15, 0.2) is 17.5 Å². The highest BCUT2D eigenvalue weighted by atomic mass is 32.1. The van der Waals surface area contributed by atoms with Gasteiger partial charge in [-0.15, -0.1) is 11.3 Å². The summed E-state index contributed by atoms with van der Waals surface area (Å²) in [5.41, 5.74) is 1.01. The Morgan fingerprint density at radius 1 is 1.46 bits per heavy atom. The van der Waals surface area contributed by atoms with E-state index >= 15 is 0 Å². The maximum absolute atomic E-state index is 13.6. The van der Waals surface area contributed by atoms with Crippen LogP contribution in [-0.2, 0) is 6.54 Å². The fraction of sp³-hybridized carbons (Fsp3) is 0.412. The third kappa shape index (κ3) is 5.19. The van der Waals surface area contributed by atoms with Crippen LogP contribution in [0.5, 0.6) is 5.75 Å². The van der Waals surface area contributed by atoms with Gasteiger partial charge in [-0.25, -0.2) is 9.37 Å². The van der Waals surface area contributed by atoms with Crippen LogP contribution in [-0.4, -0.2) is 42.6 Å². The predicted octanol–water partition coefficient (Wildman–Crippen LogP) is 3.07. The van der Waals surface area contributed by atoms with E-state index in [1.54, 1.807) is 36.6 Å². The Hall–Kier alpha value is -2.15. The molecule has 0 saturated heterocycles. The Labute approximate surface area is 146 Å². The lowest BCUT2D eigenvalue weighted by atomic mass is 10.3. The minimum Gasteiger partial charge on any atom is -0.486 e. The Bertz CT molecular complexity index is 689. The highest BCUT2D eigenvalue weighted by Gasteiger charge is 2.12. The first-order valence-electron chi connectivity index (χ1n) is 7.73. The topological polar surface area (TPSA) is 49.8 Å². The monoisotopic (exact) mass is 350 g/mol. The van der Waals surface area contributed by atoms with E-state index in [-0.39, 0.29) is 17.7 Å². The number of hydrogen-bond acceptors (Lipinski definition) is 4. The smallest absolute Gasteiger partial charge is 0.193 e. The van der Waals surface area contributed by atoms with Crippen LogP contribution in [0.3, 0.4) is 0 Å². The summed E-state index contributed by atoms with van der Waals surface area (Å²) < 4.78 is 19.2. The molecule has 1 unspecified atom stereocenters. The van der Waals surface area contributed by atoms with Crippen LogP contribution in [0.15, 0.2) is 34.6 Å². The van der Waals surface area contributed by atoms with Crippen molar-refractivity contribution in [1.29, 1.82) is 0 Å². The Morgan fingerprint density at radius 2 is 2.21 bits per heavy atom. The first-order chi connectivity index (χ1) is 11.5. The van der Waals surface area contributed by atoms with Crippen molar-refractivity contribution in [3.63, 3.8) is 0 Å². The van der Waals surface area contributed by atoms with Crippen molar-refractivity contribution in [2.45, 2.75) is 26.5 Å². The number of ether oxygens (including phenoxy) is 1. The van der Waals surface area contributed by atoms with Gasteiger partial charge in [-0.05, 0) is 26.0 Å². The number of nitrogens with one attached hydrogen (secondary N) is 1. The molecule has 5 nitrogen and oxygen atoms in total. The van der Waals surface area contributed by atoms with E-state index in [9.17, 15) is 4.39 Å². The summed E-state index contributed by atoms with van der Waals surface area (Å²) in [6, 6.07) is 6.40. The molecule has 1 N–H and O–H groups in total. The first kappa shape index (κ1) is 18.2. The molecule has 2 rings (SSSR count). The summed E-state index contributed by atoms with van der Waals surface area (Å²) >= 11 is 1.63. The van der Waals surface area contributed by atoms with Gasteiger partial charge in [-0.3, -0.25) is 4.99 Å². The summed E-state index contributed by atoms with van der Waals surface area (Å²) in [7, 11) is 3.68. The Morgan fingerprint density at radius 3 is 2.83 bits per heavy atom. The molecule has 1 aromatic carbocycles. The van der Waals surface area contributed by atoms with Crippen molar-refractivity contribution in [2.75, 3.05) is 20.6 Å². The van der Waals surface area contributed by atoms with E-state index in [2.05, 4.69) is 15.3 Å². The summed E-state index contributed by atoms with van der Waals surface area (Å²) in [5, 5.41) is 6.33. The number of rotatable bonds is 6. The summed E-state index contributed by atoms with van der Waals surface area (Å²) in [6.07, 6.45) is -0.200. The van der Waals surface area contributed by atoms with Crippen LogP contribution in [0.25, 0.3) is 0 Å². The number of guanidine groups is 1. The molecule has 0 amide bonds. The zero-order valence-electron chi connectivity index (χ0n) is 14.4. The molecule has 0 aliphatic carbocycles. The van der Waals surface area contributed by atoms with Gasteiger partial charge in [-0.1, -0.05) is 12.1 Å². The van der Waals surface area contributed by atoms with Crippen LogP contribution in [0.4, 0.5) is 4.39 Å². The third-order valence-electron chi connectivity index (χ3n) is 3.35. The summed E-state index contributed by atoms with van der Waals surface area (Å²) in [5.74, 6) is 0.641. The SMILES string of the molecule is CN=C(NCC(C)Oc1ccccc1F)N(C)Cc1csc(C)n1. The van der Waals surface area contributed by atoms with E-state index < -0.39 is 0 Å². The van der Waals surface area contributed by atoms with E-state index in [1.165, 1.54) is 6.07 Å². The van der Waals surface area contributed by atoms with Crippen LogP contribution >= 0.6 is 11.3 Å². The molecule has 130 valence electrons. The molecule has 0 fully saturated rings. The number of para-hydroxylation sites is 1. The highest BCUT2D eigenvalue weighted by molar-refractivity contribution is 7.09. The summed E-state index contributed by atoms with van der Waals surface area (Å²) in [4.78, 5) is 10.7. The van der Waals surface area contributed by atoms with Gasteiger partial charge in [0, 0.05) is 19.5 Å². The van der Waals surface area contributed by atoms with E-state index in [4.69, 9.17) is 4.74 Å². The molecule has 1 heterocycles. The van der Waals surface area contributed by atoms with Gasteiger partial charge >= 0.3 is 0 Å². The summed E-state index contributed by atoms with van der Waals surface area (Å²) in [6.45, 7) is 5.06. The number of aliphatic imine (C=N–C) groups is 1. The fourth-order valence-corrected chi connectivity index (χ4v) is 2.82. The molecule has 0 saturated carbocycles. The van der Waals surface area contributed by atoms with E-state index in [0.717, 1.165) is 16.7 Å². The molecule has 0 spiro atoms. The number of aryl methyl sites for hydroxylation is 1. The third-order valence-corrected chi connectivity index (χ3v) is 4.17. The Kier molecular flexibility index (Phi) is 6.54. The lowest BCUT2D eigenvalue weighted by Crippen LogP contribution is -2.42. The minimum atomic E-state index is -0.357. The van der Waals surface area contributed by atoms with E-state index in [1.807, 2.05) is 31.2 Å². The molecule has 0 aliphatic heterocycles. The van der Waals surface area contributed by atoms with Crippen molar-refractivity contribution in [3.8, 4) is 5.75 Å². The van der Waals surface area contributed by atoms with Crippen molar-refractivity contribution in [3.05, 3.63) is 46.2 Å². The number of aromatic nitrogens is 1. The fourth-order valence-electron chi connectivity index (χ4n) is 2.22. The maximum atomic E-state index is 13.6. The number of hydrogen-bond donors (Lipinski definition) is 1. The average molecular weight is 350 g/mol. The number of nitrogens with zero attached hydrogens (tertiary/aromatic N) is 3. The normalized spacial score (nSPS) is 12.8. The van der Waals surface area contributed by atoms with Crippen LogP contribution in [0.2, 0.25) is 0 Å². The molecular formula is C17H23FN4OS. The van der Waals surface area contributed by atoms with Gasteiger partial charge in [0.1, 0.15) is 6.10 Å². The number of benzene rings is 1. The van der Waals surface area contributed by atoms with Crippen molar-refractivity contribution < 1.29 is 9.13 Å². The average Bonchev–Trinajstić information content (AvgIpc) is 2.95. The number of thiazole rings is 1.